The first kappa shape index (κ1) is 13.6. The molecule has 1 aromatic rings. The molecule has 0 radical (unpaired) electrons. The predicted octanol–water partition coefficient (Wildman–Crippen LogP) is 2.16. The number of nitrogens with zero attached hydrogens (tertiary/aromatic N) is 1. The van der Waals surface area contributed by atoms with Gasteiger partial charge in [-0.05, 0) is 12.1 Å². The highest BCUT2D eigenvalue weighted by atomic mass is 19.4. The maximum absolute atomic E-state index is 11.7. The van der Waals surface area contributed by atoms with Gasteiger partial charge < -0.3 is 4.74 Å². The Kier molecular flexibility index (Phi) is 5.09. The molecular weight excluding hydrogens is 235 g/mol. The van der Waals surface area contributed by atoms with Crippen LogP contribution in [0, 0.1) is 0 Å². The van der Waals surface area contributed by atoms with Crippen LogP contribution in [0.3, 0.4) is 0 Å². The highest BCUT2D eigenvalue weighted by Gasteiger charge is 2.27. The zero-order valence-electron chi connectivity index (χ0n) is 9.04. The van der Waals surface area contributed by atoms with E-state index in [2.05, 4.69) is 9.72 Å². The van der Waals surface area contributed by atoms with Crippen molar-refractivity contribution in [2.45, 2.75) is 19.0 Å². The lowest BCUT2D eigenvalue weighted by Crippen LogP contribution is -2.18. The van der Waals surface area contributed by atoms with Gasteiger partial charge in [0.05, 0.1) is 6.61 Å². The average Bonchev–Trinajstić information content (AvgIpc) is 2.25. The lowest BCUT2D eigenvalue weighted by atomic mass is 10.1. The van der Waals surface area contributed by atoms with Crippen molar-refractivity contribution in [3.63, 3.8) is 0 Å². The molecule has 1 rings (SSSR count). The largest absolute Gasteiger partial charge is 0.411 e. The summed E-state index contributed by atoms with van der Waals surface area (Å²) in [5.41, 5.74) is 0.605. The first-order valence-corrected chi connectivity index (χ1v) is 5.03. The van der Waals surface area contributed by atoms with Crippen molar-refractivity contribution in [1.29, 1.82) is 0 Å². The molecule has 0 saturated carbocycles. The number of ketones is 1. The molecule has 0 spiro atoms. The van der Waals surface area contributed by atoms with Crippen molar-refractivity contribution >= 4 is 5.78 Å². The van der Waals surface area contributed by atoms with Gasteiger partial charge in [-0.1, -0.05) is 6.07 Å². The molecule has 17 heavy (non-hydrogen) atoms. The average molecular weight is 247 g/mol. The molecule has 94 valence electrons. The van der Waals surface area contributed by atoms with E-state index in [0.29, 0.717) is 5.69 Å². The van der Waals surface area contributed by atoms with Crippen LogP contribution in [0.4, 0.5) is 13.2 Å². The summed E-state index contributed by atoms with van der Waals surface area (Å²) in [5, 5.41) is 0. The van der Waals surface area contributed by atoms with Crippen LogP contribution >= 0.6 is 0 Å². The van der Waals surface area contributed by atoms with Gasteiger partial charge >= 0.3 is 6.18 Å². The van der Waals surface area contributed by atoms with Gasteiger partial charge in [0.1, 0.15) is 12.4 Å². The van der Waals surface area contributed by atoms with Gasteiger partial charge in [0.15, 0.2) is 0 Å². The number of rotatable bonds is 6. The minimum absolute atomic E-state index is 0.0351. The first-order chi connectivity index (χ1) is 7.97. The third-order valence-electron chi connectivity index (χ3n) is 1.90. The molecular formula is C11H12F3NO2. The van der Waals surface area contributed by atoms with Gasteiger partial charge in [0.2, 0.25) is 0 Å². The Bertz CT molecular complexity index is 351. The monoisotopic (exact) mass is 247 g/mol. The molecule has 0 aliphatic heterocycles. The van der Waals surface area contributed by atoms with Gasteiger partial charge in [0.25, 0.3) is 0 Å². The van der Waals surface area contributed by atoms with Crippen LogP contribution in [0.5, 0.6) is 0 Å². The number of hydrogen-bond donors (Lipinski definition) is 0. The van der Waals surface area contributed by atoms with Gasteiger partial charge in [-0.25, -0.2) is 0 Å². The summed E-state index contributed by atoms with van der Waals surface area (Å²) in [6, 6.07) is 5.16. The van der Waals surface area contributed by atoms with Crippen LogP contribution in [-0.2, 0) is 16.0 Å². The Morgan fingerprint density at radius 1 is 1.35 bits per heavy atom. The molecule has 0 aliphatic rings. The number of alkyl halides is 3. The quantitative estimate of drug-likeness (QED) is 0.723. The van der Waals surface area contributed by atoms with Gasteiger partial charge in [-0.3, -0.25) is 9.78 Å². The molecule has 0 saturated heterocycles. The highest BCUT2D eigenvalue weighted by molar-refractivity contribution is 5.80. The van der Waals surface area contributed by atoms with Gasteiger partial charge in [-0.15, -0.1) is 0 Å². The van der Waals surface area contributed by atoms with Crippen LogP contribution in [0.2, 0.25) is 0 Å². The molecule has 0 aliphatic carbocycles. The molecule has 0 aromatic carbocycles. The van der Waals surface area contributed by atoms with E-state index < -0.39 is 12.8 Å². The molecule has 0 amide bonds. The molecule has 1 heterocycles. The molecule has 0 unspecified atom stereocenters. The van der Waals surface area contributed by atoms with Crippen LogP contribution in [0.15, 0.2) is 24.4 Å². The Hall–Kier alpha value is -1.43. The number of carbonyl (C=O) groups excluding carboxylic acids is 1. The summed E-state index contributed by atoms with van der Waals surface area (Å²) in [6.07, 6.45) is -2.70. The van der Waals surface area contributed by atoms with Crippen LogP contribution in [0.1, 0.15) is 12.1 Å². The molecule has 0 atom stereocenters. The smallest absolute Gasteiger partial charge is 0.372 e. The summed E-state index contributed by atoms with van der Waals surface area (Å²) >= 11 is 0. The fourth-order valence-electron chi connectivity index (χ4n) is 1.17. The van der Waals surface area contributed by atoms with E-state index in [0.717, 1.165) is 0 Å². The summed E-state index contributed by atoms with van der Waals surface area (Å²) in [6.45, 7) is -1.53. The second kappa shape index (κ2) is 6.34. The van der Waals surface area contributed by atoms with Crippen molar-refractivity contribution in [3.05, 3.63) is 30.1 Å². The number of halogens is 3. The Morgan fingerprint density at radius 3 is 2.71 bits per heavy atom. The summed E-state index contributed by atoms with van der Waals surface area (Å²) in [4.78, 5) is 15.3. The standard InChI is InChI=1S/C11H12F3NO2/c12-11(13,14)8-17-6-4-10(16)7-9-3-1-2-5-15-9/h1-3,5H,4,6-8H2. The number of carbonyl (C=O) groups is 1. The topological polar surface area (TPSA) is 39.2 Å². The van der Waals surface area contributed by atoms with Crippen molar-refractivity contribution in [1.82, 2.24) is 4.98 Å². The first-order valence-electron chi connectivity index (χ1n) is 5.03. The Balaban J connectivity index is 2.18. The molecule has 6 heteroatoms. The Labute approximate surface area is 96.6 Å². The third-order valence-corrected chi connectivity index (χ3v) is 1.90. The molecule has 3 nitrogen and oxygen atoms in total. The lowest BCUT2D eigenvalue weighted by molar-refractivity contribution is -0.174. The van der Waals surface area contributed by atoms with E-state index in [1.165, 1.54) is 0 Å². The van der Waals surface area contributed by atoms with E-state index in [-0.39, 0.29) is 25.2 Å². The third kappa shape index (κ3) is 6.68. The number of ether oxygens (including phenoxy) is 1. The SMILES string of the molecule is O=C(CCOCC(F)(F)F)Cc1ccccn1. The zero-order chi connectivity index (χ0) is 12.7. The number of pyridine rings is 1. The molecule has 1 aromatic heterocycles. The van der Waals surface area contributed by atoms with Crippen LogP contribution in [0.25, 0.3) is 0 Å². The van der Waals surface area contributed by atoms with Crippen LogP contribution < -0.4 is 0 Å². The second-order valence-electron chi connectivity index (χ2n) is 3.45. The normalized spacial score (nSPS) is 11.5. The number of Topliss-reactive ketones (excluding diaryl/α,β-unsaturated/α-hetero) is 1. The molecule has 0 bridgehead atoms. The van der Waals surface area contributed by atoms with E-state index in [1.807, 2.05) is 0 Å². The van der Waals surface area contributed by atoms with E-state index in [1.54, 1.807) is 24.4 Å². The molecule has 0 N–H and O–H groups in total. The van der Waals surface area contributed by atoms with Gasteiger partial charge in [-0.2, -0.15) is 13.2 Å². The fourth-order valence-corrected chi connectivity index (χ4v) is 1.17. The maximum Gasteiger partial charge on any atom is 0.411 e. The summed E-state index contributed by atoms with van der Waals surface area (Å²) in [7, 11) is 0. The summed E-state index contributed by atoms with van der Waals surface area (Å²) < 4.78 is 39.5. The van der Waals surface area contributed by atoms with Crippen molar-refractivity contribution < 1.29 is 22.7 Å². The van der Waals surface area contributed by atoms with Crippen molar-refractivity contribution in [2.24, 2.45) is 0 Å². The maximum atomic E-state index is 11.7. The zero-order valence-corrected chi connectivity index (χ0v) is 9.04. The van der Waals surface area contributed by atoms with E-state index in [4.69, 9.17) is 0 Å². The van der Waals surface area contributed by atoms with Crippen LogP contribution in [-0.4, -0.2) is 30.2 Å². The summed E-state index contributed by atoms with van der Waals surface area (Å²) in [5.74, 6) is -0.189. The van der Waals surface area contributed by atoms with Crippen molar-refractivity contribution in [3.8, 4) is 0 Å². The lowest BCUT2D eigenvalue weighted by Gasteiger charge is -2.06. The van der Waals surface area contributed by atoms with E-state index >= 15 is 0 Å². The molecule has 0 fully saturated rings. The fraction of sp³-hybridized carbons (Fsp3) is 0.455. The second-order valence-corrected chi connectivity index (χ2v) is 3.45. The van der Waals surface area contributed by atoms with Crippen molar-refractivity contribution in [2.75, 3.05) is 13.2 Å². The highest BCUT2D eigenvalue weighted by Crippen LogP contribution is 2.14. The number of aromatic nitrogens is 1. The van der Waals surface area contributed by atoms with Gasteiger partial charge in [0, 0.05) is 24.7 Å². The Morgan fingerprint density at radius 2 is 2.12 bits per heavy atom. The predicted molar refractivity (Wildman–Crippen MR) is 54.4 cm³/mol. The minimum Gasteiger partial charge on any atom is -0.372 e. The minimum atomic E-state index is -4.34. The number of hydrogen-bond acceptors (Lipinski definition) is 3. The van der Waals surface area contributed by atoms with E-state index in [9.17, 15) is 18.0 Å².